The van der Waals surface area contributed by atoms with E-state index < -0.39 is 6.10 Å². The van der Waals surface area contributed by atoms with E-state index in [1.165, 1.54) is 17.2 Å². The molecule has 3 aromatic carbocycles. The number of phenolic OH excluding ortho intramolecular Hbond substituents is 1. The van der Waals surface area contributed by atoms with Crippen molar-refractivity contribution in [2.45, 2.75) is 31.9 Å². The van der Waals surface area contributed by atoms with Crippen LogP contribution in [0.15, 0.2) is 59.4 Å². The number of fused-ring (bicyclic) bond motifs is 1. The van der Waals surface area contributed by atoms with Crippen molar-refractivity contribution in [1.82, 2.24) is 15.6 Å². The summed E-state index contributed by atoms with van der Waals surface area (Å²) in [6.45, 7) is 2.67. The Hall–Kier alpha value is -2.39. The minimum atomic E-state index is -0.769. The number of benzene rings is 3. The highest BCUT2D eigenvalue weighted by molar-refractivity contribution is 7.16. The summed E-state index contributed by atoms with van der Waals surface area (Å²) in [5.74, 6) is 0.00896. The number of halogens is 2. The van der Waals surface area contributed by atoms with Crippen molar-refractivity contribution in [3.63, 3.8) is 0 Å². The summed E-state index contributed by atoms with van der Waals surface area (Å²) in [5.41, 5.74) is 4.48. The van der Waals surface area contributed by atoms with Crippen molar-refractivity contribution >= 4 is 44.8 Å². The molecule has 0 aliphatic heterocycles. The van der Waals surface area contributed by atoms with Gasteiger partial charge >= 0.3 is 4.87 Å². The SMILES string of the molecule is O=c1[nH]c2c(O)ccc([C@@H](O)CNCCCc3cccc(CNCCc4c(Cl)cccc4Cl)c3)c2s1. The number of aromatic amines is 1. The van der Waals surface area contributed by atoms with Gasteiger partial charge in [-0.3, -0.25) is 4.79 Å². The van der Waals surface area contributed by atoms with Crippen LogP contribution in [0.1, 0.15) is 34.8 Å². The third kappa shape index (κ3) is 6.88. The zero-order valence-corrected chi connectivity index (χ0v) is 22.0. The summed E-state index contributed by atoms with van der Waals surface area (Å²) in [4.78, 5) is 14.0. The first-order valence-corrected chi connectivity index (χ1v) is 13.4. The normalized spacial score (nSPS) is 12.3. The van der Waals surface area contributed by atoms with Crippen LogP contribution in [0.5, 0.6) is 5.75 Å². The van der Waals surface area contributed by atoms with E-state index in [-0.39, 0.29) is 10.6 Å². The minimum absolute atomic E-state index is 0.00896. The van der Waals surface area contributed by atoms with E-state index >= 15 is 0 Å². The molecule has 0 unspecified atom stereocenters. The van der Waals surface area contributed by atoms with Crippen molar-refractivity contribution < 1.29 is 10.2 Å². The predicted molar refractivity (Wildman–Crippen MR) is 149 cm³/mol. The van der Waals surface area contributed by atoms with E-state index in [1.54, 1.807) is 6.07 Å². The minimum Gasteiger partial charge on any atom is -0.506 e. The van der Waals surface area contributed by atoms with E-state index in [0.717, 1.165) is 55.8 Å². The molecule has 0 fully saturated rings. The van der Waals surface area contributed by atoms with E-state index in [1.807, 2.05) is 18.2 Å². The summed E-state index contributed by atoms with van der Waals surface area (Å²) in [7, 11) is 0. The molecule has 0 saturated carbocycles. The van der Waals surface area contributed by atoms with Gasteiger partial charge in [-0.15, -0.1) is 0 Å². The molecule has 36 heavy (non-hydrogen) atoms. The molecular weight excluding hydrogens is 517 g/mol. The molecule has 1 heterocycles. The van der Waals surface area contributed by atoms with Gasteiger partial charge in [-0.05, 0) is 67.2 Å². The van der Waals surface area contributed by atoms with Crippen molar-refractivity contribution in [3.05, 3.63) is 96.6 Å². The number of aromatic hydroxyl groups is 1. The molecule has 0 aliphatic carbocycles. The van der Waals surface area contributed by atoms with Crippen LogP contribution >= 0.6 is 34.5 Å². The van der Waals surface area contributed by atoms with Gasteiger partial charge in [0.05, 0.1) is 10.8 Å². The molecule has 1 atom stereocenters. The van der Waals surface area contributed by atoms with Crippen LogP contribution in [-0.2, 0) is 19.4 Å². The first kappa shape index (κ1) is 26.7. The summed E-state index contributed by atoms with van der Waals surface area (Å²) in [6, 6.07) is 17.3. The molecule has 0 radical (unpaired) electrons. The second-order valence-electron chi connectivity index (χ2n) is 8.66. The van der Waals surface area contributed by atoms with E-state index in [9.17, 15) is 15.0 Å². The van der Waals surface area contributed by atoms with Crippen molar-refractivity contribution in [3.8, 4) is 5.75 Å². The molecule has 0 bridgehead atoms. The standard InChI is InChI=1S/C27H29Cl2N3O3S/c28-21-7-2-8-22(29)19(21)11-13-31-15-18-5-1-4-17(14-18)6-3-12-30-16-24(34)20-9-10-23(33)25-26(20)36-27(35)32-25/h1-2,4-5,7-10,14,24,30-31,33-34H,3,6,11-13,15-16H2,(H,32,35)/t24-/m0/s1. The van der Waals surface area contributed by atoms with Crippen molar-refractivity contribution in [2.24, 2.45) is 0 Å². The summed E-state index contributed by atoms with van der Waals surface area (Å²) in [6.07, 6.45) is 1.86. The molecule has 0 aliphatic rings. The number of aliphatic hydroxyl groups is 1. The van der Waals surface area contributed by atoms with Crippen LogP contribution in [0.25, 0.3) is 10.2 Å². The molecule has 1 aromatic heterocycles. The molecule has 0 amide bonds. The van der Waals surface area contributed by atoms with Gasteiger partial charge in [0.15, 0.2) is 0 Å². The monoisotopic (exact) mass is 545 g/mol. The lowest BCUT2D eigenvalue weighted by Crippen LogP contribution is -2.23. The number of aromatic nitrogens is 1. The number of phenols is 1. The number of H-pyrrole nitrogens is 1. The quantitative estimate of drug-likeness (QED) is 0.158. The Balaban J connectivity index is 1.19. The van der Waals surface area contributed by atoms with Gasteiger partial charge in [-0.25, -0.2) is 0 Å². The maximum absolute atomic E-state index is 11.7. The molecular formula is C27H29Cl2N3O3S. The van der Waals surface area contributed by atoms with Gasteiger partial charge in [-0.1, -0.05) is 70.9 Å². The number of hydrogen-bond acceptors (Lipinski definition) is 6. The predicted octanol–water partition coefficient (Wildman–Crippen LogP) is 5.19. The lowest BCUT2D eigenvalue weighted by Gasteiger charge is -2.13. The van der Waals surface area contributed by atoms with E-state index in [2.05, 4.69) is 39.9 Å². The van der Waals surface area contributed by atoms with Gasteiger partial charge in [0.2, 0.25) is 0 Å². The number of aryl methyl sites for hydroxylation is 1. The number of nitrogens with one attached hydrogen (secondary N) is 3. The molecule has 0 spiro atoms. The molecule has 4 rings (SSSR count). The third-order valence-electron chi connectivity index (χ3n) is 6.04. The Labute approximate surface area is 223 Å². The van der Waals surface area contributed by atoms with Crippen LogP contribution in [0.4, 0.5) is 0 Å². The van der Waals surface area contributed by atoms with Gasteiger partial charge in [0.25, 0.3) is 0 Å². The first-order valence-electron chi connectivity index (χ1n) is 11.9. The maximum atomic E-state index is 11.7. The Kier molecular flexibility index (Phi) is 9.42. The second-order valence-corrected chi connectivity index (χ2v) is 10.5. The highest BCUT2D eigenvalue weighted by Gasteiger charge is 2.15. The van der Waals surface area contributed by atoms with Gasteiger partial charge in [0.1, 0.15) is 11.3 Å². The van der Waals surface area contributed by atoms with Gasteiger partial charge < -0.3 is 25.8 Å². The lowest BCUT2D eigenvalue weighted by molar-refractivity contribution is 0.176. The number of hydrogen-bond donors (Lipinski definition) is 5. The number of aliphatic hydroxyl groups excluding tert-OH is 1. The largest absolute Gasteiger partial charge is 0.506 e. The fraction of sp³-hybridized carbons (Fsp3) is 0.296. The van der Waals surface area contributed by atoms with Crippen LogP contribution in [0.3, 0.4) is 0 Å². The van der Waals surface area contributed by atoms with Crippen LogP contribution in [-0.4, -0.2) is 34.8 Å². The molecule has 190 valence electrons. The number of thiazole rings is 1. The average molecular weight is 547 g/mol. The van der Waals surface area contributed by atoms with Crippen molar-refractivity contribution in [2.75, 3.05) is 19.6 Å². The zero-order chi connectivity index (χ0) is 25.5. The van der Waals surface area contributed by atoms with Crippen LogP contribution in [0.2, 0.25) is 10.0 Å². The third-order valence-corrected chi connectivity index (χ3v) is 7.68. The summed E-state index contributed by atoms with van der Waals surface area (Å²) in [5, 5.41) is 28.7. The maximum Gasteiger partial charge on any atom is 0.305 e. The fourth-order valence-corrected chi connectivity index (χ4v) is 5.68. The smallest absolute Gasteiger partial charge is 0.305 e. The lowest BCUT2D eigenvalue weighted by atomic mass is 10.1. The fourth-order valence-electron chi connectivity index (χ4n) is 4.18. The highest BCUT2D eigenvalue weighted by atomic mass is 35.5. The Morgan fingerprint density at radius 2 is 1.69 bits per heavy atom. The molecule has 9 heteroatoms. The van der Waals surface area contributed by atoms with Gasteiger partial charge in [0, 0.05) is 28.7 Å². The van der Waals surface area contributed by atoms with E-state index in [4.69, 9.17) is 23.2 Å². The first-order chi connectivity index (χ1) is 17.4. The number of rotatable bonds is 12. The highest BCUT2D eigenvalue weighted by Crippen LogP contribution is 2.31. The zero-order valence-electron chi connectivity index (χ0n) is 19.7. The summed E-state index contributed by atoms with van der Waals surface area (Å²) >= 11 is 13.5. The summed E-state index contributed by atoms with van der Waals surface area (Å²) < 4.78 is 0.592. The van der Waals surface area contributed by atoms with Crippen LogP contribution in [0, 0.1) is 0 Å². The van der Waals surface area contributed by atoms with Crippen LogP contribution < -0.4 is 15.5 Å². The second kappa shape index (κ2) is 12.7. The molecule has 5 N–H and O–H groups in total. The topological polar surface area (TPSA) is 97.4 Å². The average Bonchev–Trinajstić information content (AvgIpc) is 3.25. The van der Waals surface area contributed by atoms with E-state index in [0.29, 0.717) is 32.4 Å². The Bertz CT molecular complexity index is 1350. The molecule has 4 aromatic rings. The Morgan fingerprint density at radius 1 is 0.944 bits per heavy atom. The van der Waals surface area contributed by atoms with Crippen molar-refractivity contribution in [1.29, 1.82) is 0 Å². The molecule has 6 nitrogen and oxygen atoms in total. The Morgan fingerprint density at radius 3 is 2.50 bits per heavy atom. The van der Waals surface area contributed by atoms with Gasteiger partial charge in [-0.2, -0.15) is 0 Å². The molecule has 0 saturated heterocycles.